The van der Waals surface area contributed by atoms with Crippen molar-refractivity contribution >= 4 is 30.1 Å². The molecule has 1 N–H and O–H groups in total. The summed E-state index contributed by atoms with van der Waals surface area (Å²) < 4.78 is 34.1. The summed E-state index contributed by atoms with van der Waals surface area (Å²) in [5, 5.41) is 31.4. The molecule has 0 aliphatic heterocycles. The summed E-state index contributed by atoms with van der Waals surface area (Å²) in [6, 6.07) is 0. The second-order valence-electron chi connectivity index (χ2n) is 0.882. The smallest absolute Gasteiger partial charge is 2.00 e. The van der Waals surface area contributed by atoms with Crippen molar-refractivity contribution in [2.24, 2.45) is 0 Å². The van der Waals surface area contributed by atoms with Gasteiger partial charge in [-0.1, -0.05) is 0 Å². The Hall–Kier alpha value is 1.73. The van der Waals surface area contributed by atoms with E-state index in [2.05, 4.69) is 0 Å². The molecule has 0 heterocycles. The molecule has 0 unspecified atom stereocenters. The third-order valence-electron chi connectivity index (χ3n) is 0. The van der Waals surface area contributed by atoms with E-state index in [4.69, 9.17) is 47.9 Å². The fourth-order valence-electron chi connectivity index (χ4n) is 0. The first kappa shape index (κ1) is 78.0. The number of rotatable bonds is 0. The van der Waals surface area contributed by atoms with E-state index in [1.165, 1.54) is 0 Å². The number of carbonyl (C=O) groups excluding carboxylic acids is 1. The van der Waals surface area contributed by atoms with Crippen molar-refractivity contribution in [3.63, 3.8) is 0 Å². The van der Waals surface area contributed by atoms with Crippen LogP contribution in [0.3, 0.4) is 0 Å². The van der Waals surface area contributed by atoms with Gasteiger partial charge in [-0.3, -0.25) is 8.42 Å². The summed E-state index contributed by atoms with van der Waals surface area (Å²) >= 11 is 0. The van der Waals surface area contributed by atoms with Crippen LogP contribution < -0.4 is 10.2 Å². The Morgan fingerprint density at radius 2 is 0.857 bits per heavy atom. The Morgan fingerprint density at radius 3 is 0.857 bits per heavy atom. The predicted molar refractivity (Wildman–Crippen MR) is 36.2 cm³/mol. The molecule has 0 bridgehead atoms. The minimum absolute atomic E-state index is 0. The Bertz CT molecular complexity index is 230. The molecule has 0 atom stereocenters. The van der Waals surface area contributed by atoms with Crippen molar-refractivity contribution in [2.45, 2.75) is 0 Å². The number of carboxylic acid groups (broad SMARTS) is 2. The van der Waals surface area contributed by atoms with E-state index < -0.39 is 21.6 Å². The first-order chi connectivity index (χ1) is 5.46. The number of hydrogen-bond acceptors (Lipinski definition) is 11. The molecule has 0 aromatic heterocycles. The van der Waals surface area contributed by atoms with Crippen molar-refractivity contribution in [1.29, 1.82) is 0 Å². The number of hydrogen-bond donors (Lipinski definition) is 0. The zero-order valence-corrected chi connectivity index (χ0v) is 26.7. The largest absolute Gasteiger partial charge is 2.00 e. The SMILES string of the molecule is O=C([O-])[O-].O=S(=O)([O-])[O-].O=[N+]([O-])[O-].[O-2].[OH-].[S-2].[Zn+2].[Zn+2].[Zn+2].[Zn+2].[Zn+2]. The molecular formula is CHNO12S2Zn5. The van der Waals surface area contributed by atoms with Gasteiger partial charge in [0.1, 0.15) is 0 Å². The Balaban J connectivity index is -0.00000000670. The van der Waals surface area contributed by atoms with E-state index in [0.717, 1.165) is 0 Å². The van der Waals surface area contributed by atoms with Gasteiger partial charge in [-0.15, -0.1) is 0 Å². The first-order valence-corrected chi connectivity index (χ1v) is 3.16. The first-order valence-electron chi connectivity index (χ1n) is 1.83. The molecule has 20 heteroatoms. The van der Waals surface area contributed by atoms with Gasteiger partial charge in [0.25, 0.3) is 0 Å². The van der Waals surface area contributed by atoms with Crippen molar-refractivity contribution in [2.75, 3.05) is 0 Å². The van der Waals surface area contributed by atoms with Gasteiger partial charge in [-0.2, -0.15) is 0 Å². The molecule has 0 spiro atoms. The Morgan fingerprint density at radius 1 is 0.857 bits per heavy atom. The van der Waals surface area contributed by atoms with E-state index >= 15 is 0 Å². The molecule has 13 nitrogen and oxygen atoms in total. The quantitative estimate of drug-likeness (QED) is 0.0832. The summed E-state index contributed by atoms with van der Waals surface area (Å²) in [6.07, 6.45) is -2.33. The van der Waals surface area contributed by atoms with E-state index in [9.17, 15) is 0 Å². The van der Waals surface area contributed by atoms with Crippen LogP contribution in [0.1, 0.15) is 0 Å². The van der Waals surface area contributed by atoms with Crippen molar-refractivity contribution in [1.82, 2.24) is 0 Å². The zero-order chi connectivity index (χ0) is 11.7. The molecule has 0 radical (unpaired) electrons. The fourth-order valence-corrected chi connectivity index (χ4v) is 0. The number of nitrogens with zero attached hydrogens (tertiary/aromatic N) is 1. The van der Waals surface area contributed by atoms with Gasteiger partial charge in [0.2, 0.25) is 0 Å². The molecule has 0 saturated heterocycles. The molecule has 0 aliphatic carbocycles. The van der Waals surface area contributed by atoms with Gasteiger partial charge in [0.05, 0.1) is 5.09 Å². The second kappa shape index (κ2) is 49.5. The van der Waals surface area contributed by atoms with E-state index in [1.807, 2.05) is 0 Å². The van der Waals surface area contributed by atoms with Crippen LogP contribution in [0.25, 0.3) is 0 Å². The maximum Gasteiger partial charge on any atom is 2.00 e. The molecule has 0 aromatic carbocycles. The zero-order valence-electron chi connectivity index (χ0n) is 10.2. The van der Waals surface area contributed by atoms with Crippen molar-refractivity contribution in [3.8, 4) is 0 Å². The molecule has 0 saturated carbocycles. The Kier molecular flexibility index (Phi) is 184. The maximum absolute atomic E-state index is 8.52. The van der Waals surface area contributed by atoms with E-state index in [1.54, 1.807) is 0 Å². The standard InChI is InChI=1S/CH2O3.NO3.H2O4S.H2O.O.S.5Zn/c2*2-1(3)4;1-5(2,3)4;;;;;;;;/h(H2,2,3,4);;(H2,1,2,3,4);1H2;;;;;;;/q;-1;;;2*-2;5*+2/p-5. The van der Waals surface area contributed by atoms with Gasteiger partial charge >= 0.3 is 97.4 Å². The summed E-state index contributed by atoms with van der Waals surface area (Å²) in [5.74, 6) is 0. The third-order valence-corrected chi connectivity index (χ3v) is 0. The topological polar surface area (TPSA) is 268 Å². The molecule has 0 aliphatic rings. The summed E-state index contributed by atoms with van der Waals surface area (Å²) in [5.41, 5.74) is 0. The van der Waals surface area contributed by atoms with Crippen molar-refractivity contribution in [3.05, 3.63) is 15.3 Å². The van der Waals surface area contributed by atoms with Crippen LogP contribution in [-0.4, -0.2) is 34.2 Å². The third kappa shape index (κ3) is 2840. The van der Waals surface area contributed by atoms with Crippen LogP contribution in [-0.2, 0) is 127 Å². The van der Waals surface area contributed by atoms with Crippen LogP contribution >= 0.6 is 0 Å². The van der Waals surface area contributed by atoms with Crippen LogP contribution in [0.2, 0.25) is 0 Å². The normalized spacial score (nSPS) is 5.05. The average Bonchev–Trinajstić information content (AvgIpc) is 1.50. The molecule has 0 amide bonds. The maximum atomic E-state index is 8.52. The molecular weight excluding hydrogens is 609 g/mol. The van der Waals surface area contributed by atoms with Gasteiger partial charge in [-0.25, -0.2) is 0 Å². The monoisotopic (exact) mass is 603 g/mol. The molecule has 0 aromatic rings. The van der Waals surface area contributed by atoms with Crippen molar-refractivity contribution < 1.29 is 146 Å². The van der Waals surface area contributed by atoms with Crippen LogP contribution in [0.5, 0.6) is 0 Å². The molecule has 21 heavy (non-hydrogen) atoms. The Labute approximate surface area is 189 Å². The minimum Gasteiger partial charge on any atom is -2.00 e. The molecule has 0 fully saturated rings. The predicted octanol–water partition coefficient (Wildman–Crippen LogP) is -4.33. The van der Waals surface area contributed by atoms with E-state index in [-0.39, 0.29) is 122 Å². The van der Waals surface area contributed by atoms with Crippen LogP contribution in [0.4, 0.5) is 4.79 Å². The van der Waals surface area contributed by atoms with Gasteiger partial charge in [-0.05, 0) is 6.16 Å². The second-order valence-corrected chi connectivity index (χ2v) is 1.70. The van der Waals surface area contributed by atoms with Gasteiger partial charge < -0.3 is 63.9 Å². The molecule has 104 valence electrons. The van der Waals surface area contributed by atoms with E-state index in [0.29, 0.717) is 0 Å². The van der Waals surface area contributed by atoms with Gasteiger partial charge in [0, 0.05) is 10.4 Å². The summed E-state index contributed by atoms with van der Waals surface area (Å²) in [7, 11) is -5.17. The average molecular weight is 610 g/mol. The van der Waals surface area contributed by atoms with Crippen LogP contribution in [0, 0.1) is 15.3 Å². The molecule has 0 rings (SSSR count). The van der Waals surface area contributed by atoms with Crippen LogP contribution in [0.15, 0.2) is 0 Å². The minimum atomic E-state index is -5.17. The van der Waals surface area contributed by atoms with Gasteiger partial charge in [0.15, 0.2) is 0 Å². The summed E-state index contributed by atoms with van der Waals surface area (Å²) in [6.45, 7) is 0. The summed E-state index contributed by atoms with van der Waals surface area (Å²) in [4.78, 5) is 16.6. The fraction of sp³-hybridized carbons (Fsp3) is 0. The number of carbonyl (C=O) groups is 1.